The molecule has 1 rings (SSSR count). The summed E-state index contributed by atoms with van der Waals surface area (Å²) >= 11 is 0. The van der Waals surface area contributed by atoms with Crippen molar-refractivity contribution in [3.8, 4) is 0 Å². The maximum absolute atomic E-state index is 12.2. The highest BCUT2D eigenvalue weighted by atomic mass is 19.4. The van der Waals surface area contributed by atoms with Gasteiger partial charge in [-0.15, -0.1) is 0 Å². The van der Waals surface area contributed by atoms with Crippen molar-refractivity contribution in [1.82, 2.24) is 5.32 Å². The van der Waals surface area contributed by atoms with E-state index in [-0.39, 0.29) is 24.0 Å². The van der Waals surface area contributed by atoms with Gasteiger partial charge in [-0.25, -0.2) is 0 Å². The molecule has 106 valence electrons. The predicted molar refractivity (Wildman–Crippen MR) is 64.4 cm³/mol. The molecule has 0 atom stereocenters. The molecule has 0 aromatic rings. The van der Waals surface area contributed by atoms with Crippen LogP contribution in [0.3, 0.4) is 0 Å². The normalized spacial score (nSPS) is 19.8. The maximum atomic E-state index is 12.2. The molecule has 1 aliphatic heterocycles. The predicted octanol–water partition coefficient (Wildman–Crippen LogP) is 3.46. The van der Waals surface area contributed by atoms with Crippen LogP contribution >= 0.6 is 0 Å². The van der Waals surface area contributed by atoms with E-state index in [0.717, 1.165) is 38.8 Å². The summed E-state index contributed by atoms with van der Waals surface area (Å²) in [6.45, 7) is 3.61. The Bertz CT molecular complexity index is 264. The van der Waals surface area contributed by atoms with Gasteiger partial charge in [0.25, 0.3) is 0 Å². The van der Waals surface area contributed by atoms with Crippen molar-refractivity contribution in [2.24, 2.45) is 5.41 Å². The second kappa shape index (κ2) is 6.55. The first-order valence-corrected chi connectivity index (χ1v) is 6.70. The lowest BCUT2D eigenvalue weighted by Crippen LogP contribution is -2.42. The second-order valence-electron chi connectivity index (χ2n) is 5.17. The molecule has 1 N–H and O–H groups in total. The van der Waals surface area contributed by atoms with Gasteiger partial charge in [0.15, 0.2) is 0 Å². The van der Waals surface area contributed by atoms with Gasteiger partial charge in [-0.3, -0.25) is 4.79 Å². The number of piperidine rings is 1. The van der Waals surface area contributed by atoms with Crippen LogP contribution in [-0.2, 0) is 4.79 Å². The summed E-state index contributed by atoms with van der Waals surface area (Å²) in [7, 11) is 0. The van der Waals surface area contributed by atoms with E-state index in [9.17, 15) is 18.0 Å². The van der Waals surface area contributed by atoms with Crippen molar-refractivity contribution in [3.63, 3.8) is 0 Å². The number of halogens is 3. The highest BCUT2D eigenvalue weighted by molar-refractivity contribution is 5.84. The number of carbonyl (C=O) groups excluding carboxylic acids is 1. The summed E-state index contributed by atoms with van der Waals surface area (Å²) in [6, 6.07) is 0. The van der Waals surface area contributed by atoms with Gasteiger partial charge in [0, 0.05) is 18.3 Å². The number of hydrogen-bond donors (Lipinski definition) is 1. The van der Waals surface area contributed by atoms with Gasteiger partial charge in [-0.1, -0.05) is 13.3 Å². The molecular weight excluding hydrogens is 243 g/mol. The van der Waals surface area contributed by atoms with Crippen LogP contribution in [0.4, 0.5) is 13.2 Å². The number of hydrogen-bond acceptors (Lipinski definition) is 2. The molecule has 5 heteroatoms. The van der Waals surface area contributed by atoms with Crippen LogP contribution in [0.15, 0.2) is 0 Å². The summed E-state index contributed by atoms with van der Waals surface area (Å²) in [5.74, 6) is 0.0371. The van der Waals surface area contributed by atoms with E-state index in [2.05, 4.69) is 5.32 Å². The molecule has 1 heterocycles. The highest BCUT2D eigenvalue weighted by Crippen LogP contribution is 2.37. The van der Waals surface area contributed by atoms with Crippen LogP contribution in [0.5, 0.6) is 0 Å². The summed E-state index contributed by atoms with van der Waals surface area (Å²) in [5.41, 5.74) is -0.356. The van der Waals surface area contributed by atoms with Gasteiger partial charge >= 0.3 is 6.18 Å². The van der Waals surface area contributed by atoms with Crippen molar-refractivity contribution in [1.29, 1.82) is 0 Å². The van der Waals surface area contributed by atoms with E-state index in [1.807, 2.05) is 6.92 Å². The van der Waals surface area contributed by atoms with E-state index in [1.165, 1.54) is 0 Å². The average molecular weight is 265 g/mol. The zero-order valence-corrected chi connectivity index (χ0v) is 10.9. The summed E-state index contributed by atoms with van der Waals surface area (Å²) in [4.78, 5) is 12.2. The number of rotatable bonds is 6. The Morgan fingerprint density at radius 1 is 1.28 bits per heavy atom. The van der Waals surface area contributed by atoms with Crippen LogP contribution in [0.25, 0.3) is 0 Å². The fraction of sp³-hybridized carbons (Fsp3) is 0.923. The SMILES string of the molecule is CCCC1(C(=O)CCCC(F)(F)F)CCNCC1. The smallest absolute Gasteiger partial charge is 0.317 e. The molecule has 0 unspecified atom stereocenters. The number of ketones is 1. The topological polar surface area (TPSA) is 29.1 Å². The third-order valence-electron chi connectivity index (χ3n) is 3.74. The lowest BCUT2D eigenvalue weighted by atomic mass is 9.71. The Morgan fingerprint density at radius 2 is 1.89 bits per heavy atom. The fourth-order valence-corrected chi connectivity index (χ4v) is 2.77. The third kappa shape index (κ3) is 4.59. The van der Waals surface area contributed by atoms with Crippen molar-refractivity contribution < 1.29 is 18.0 Å². The van der Waals surface area contributed by atoms with Crippen LogP contribution in [0.2, 0.25) is 0 Å². The van der Waals surface area contributed by atoms with Crippen LogP contribution < -0.4 is 5.32 Å². The van der Waals surface area contributed by atoms with E-state index in [0.29, 0.717) is 0 Å². The molecular formula is C13H22F3NO. The standard InChI is InChI=1S/C13H22F3NO/c1-2-5-12(7-9-17-10-8-12)11(18)4-3-6-13(14,15)16/h17H,2-10H2,1H3. The first-order valence-electron chi connectivity index (χ1n) is 6.70. The average Bonchev–Trinajstić information content (AvgIpc) is 2.29. The number of carbonyl (C=O) groups is 1. The third-order valence-corrected chi connectivity index (χ3v) is 3.74. The van der Waals surface area contributed by atoms with Gasteiger partial charge in [-0.05, 0) is 38.8 Å². The number of alkyl halides is 3. The molecule has 0 saturated carbocycles. The zero-order valence-electron chi connectivity index (χ0n) is 10.9. The molecule has 0 spiro atoms. The molecule has 18 heavy (non-hydrogen) atoms. The first-order chi connectivity index (χ1) is 8.40. The molecule has 0 aromatic carbocycles. The van der Waals surface area contributed by atoms with Crippen LogP contribution in [0.1, 0.15) is 51.9 Å². The Balaban J connectivity index is 2.49. The molecule has 0 amide bonds. The molecule has 1 saturated heterocycles. The minimum atomic E-state index is -4.15. The lowest BCUT2D eigenvalue weighted by Gasteiger charge is -2.36. The fourth-order valence-electron chi connectivity index (χ4n) is 2.77. The molecule has 0 aliphatic carbocycles. The summed E-state index contributed by atoms with van der Waals surface area (Å²) < 4.78 is 36.2. The molecule has 0 bridgehead atoms. The molecule has 2 nitrogen and oxygen atoms in total. The van der Waals surface area contributed by atoms with Crippen LogP contribution in [-0.4, -0.2) is 25.0 Å². The van der Waals surface area contributed by atoms with E-state index < -0.39 is 12.6 Å². The summed E-state index contributed by atoms with van der Waals surface area (Å²) in [6.07, 6.45) is -1.74. The van der Waals surface area contributed by atoms with Crippen molar-refractivity contribution in [2.45, 2.75) is 58.0 Å². The first kappa shape index (κ1) is 15.5. The molecule has 0 aromatic heterocycles. The Labute approximate surface area is 106 Å². The largest absolute Gasteiger partial charge is 0.389 e. The summed E-state index contributed by atoms with van der Waals surface area (Å²) in [5, 5.41) is 3.20. The van der Waals surface area contributed by atoms with Gasteiger partial charge in [0.1, 0.15) is 5.78 Å². The Morgan fingerprint density at radius 3 is 2.39 bits per heavy atom. The molecule has 1 aliphatic rings. The van der Waals surface area contributed by atoms with Crippen LogP contribution in [0, 0.1) is 5.41 Å². The van der Waals surface area contributed by atoms with Gasteiger partial charge < -0.3 is 5.32 Å². The lowest BCUT2D eigenvalue weighted by molar-refractivity contribution is -0.139. The highest BCUT2D eigenvalue weighted by Gasteiger charge is 2.38. The zero-order chi connectivity index (χ0) is 13.6. The van der Waals surface area contributed by atoms with Gasteiger partial charge in [0.2, 0.25) is 0 Å². The van der Waals surface area contributed by atoms with Gasteiger partial charge in [-0.2, -0.15) is 13.2 Å². The number of Topliss-reactive ketones (excluding diaryl/α,β-unsaturated/α-hetero) is 1. The minimum Gasteiger partial charge on any atom is -0.317 e. The Kier molecular flexibility index (Phi) is 5.63. The molecule has 0 radical (unpaired) electrons. The Hall–Kier alpha value is -0.580. The van der Waals surface area contributed by atoms with E-state index in [4.69, 9.17) is 0 Å². The maximum Gasteiger partial charge on any atom is 0.389 e. The monoisotopic (exact) mass is 265 g/mol. The molecule has 1 fully saturated rings. The minimum absolute atomic E-state index is 0.0371. The van der Waals surface area contributed by atoms with Crippen molar-refractivity contribution in [2.75, 3.05) is 13.1 Å². The van der Waals surface area contributed by atoms with Gasteiger partial charge in [0.05, 0.1) is 0 Å². The van der Waals surface area contributed by atoms with E-state index in [1.54, 1.807) is 0 Å². The van der Waals surface area contributed by atoms with Crippen molar-refractivity contribution in [3.05, 3.63) is 0 Å². The van der Waals surface area contributed by atoms with E-state index >= 15 is 0 Å². The number of nitrogens with one attached hydrogen (secondary N) is 1. The quantitative estimate of drug-likeness (QED) is 0.797. The van der Waals surface area contributed by atoms with Crippen molar-refractivity contribution >= 4 is 5.78 Å². The second-order valence-corrected chi connectivity index (χ2v) is 5.17.